The molecule has 0 aliphatic carbocycles. The summed E-state index contributed by atoms with van der Waals surface area (Å²) in [6.45, 7) is 4.75. The summed E-state index contributed by atoms with van der Waals surface area (Å²) in [7, 11) is -3.82. The van der Waals surface area contributed by atoms with Crippen molar-refractivity contribution >= 4 is 26.7 Å². The molecule has 0 radical (unpaired) electrons. The second-order valence-corrected chi connectivity index (χ2v) is 8.95. The summed E-state index contributed by atoms with van der Waals surface area (Å²) in [5.41, 5.74) is 0. The first-order valence-electron chi connectivity index (χ1n) is 9.27. The van der Waals surface area contributed by atoms with E-state index < -0.39 is 16.1 Å². The molecule has 146 valence electrons. The molecule has 6 nitrogen and oxygen atoms in total. The Morgan fingerprint density at radius 2 is 1.93 bits per heavy atom. The van der Waals surface area contributed by atoms with Gasteiger partial charge in [0.25, 0.3) is 0 Å². The van der Waals surface area contributed by atoms with Crippen molar-refractivity contribution < 1.29 is 17.9 Å². The van der Waals surface area contributed by atoms with Gasteiger partial charge in [-0.15, -0.1) is 0 Å². The van der Waals surface area contributed by atoms with E-state index in [2.05, 4.69) is 10.0 Å². The third-order valence-electron chi connectivity index (χ3n) is 4.79. The van der Waals surface area contributed by atoms with Crippen LogP contribution in [0.3, 0.4) is 0 Å². The molecule has 0 aromatic heterocycles. The van der Waals surface area contributed by atoms with Crippen LogP contribution in [0.25, 0.3) is 10.8 Å². The van der Waals surface area contributed by atoms with E-state index in [0.29, 0.717) is 13.2 Å². The highest BCUT2D eigenvalue weighted by Crippen LogP contribution is 2.20. The van der Waals surface area contributed by atoms with Crippen LogP contribution < -0.4 is 10.0 Å². The van der Waals surface area contributed by atoms with E-state index in [0.717, 1.165) is 23.6 Å². The van der Waals surface area contributed by atoms with Gasteiger partial charge in [0.15, 0.2) is 0 Å². The predicted octanol–water partition coefficient (Wildman–Crippen LogP) is 2.44. The number of sulfonamides is 1. The Balaban J connectivity index is 1.74. The first-order valence-corrected chi connectivity index (χ1v) is 10.8. The summed E-state index contributed by atoms with van der Waals surface area (Å²) in [6.07, 6.45) is 1.91. The normalized spacial score (nSPS) is 18.7. The summed E-state index contributed by atoms with van der Waals surface area (Å²) in [5, 5.41) is 4.62. The fraction of sp³-hybridized carbons (Fsp3) is 0.450. The molecule has 1 fully saturated rings. The average Bonchev–Trinajstić information content (AvgIpc) is 3.17. The highest BCUT2D eigenvalue weighted by molar-refractivity contribution is 7.89. The van der Waals surface area contributed by atoms with E-state index in [4.69, 9.17) is 4.74 Å². The second-order valence-electron chi connectivity index (χ2n) is 7.23. The van der Waals surface area contributed by atoms with Crippen LogP contribution in [0, 0.1) is 5.92 Å². The van der Waals surface area contributed by atoms with Gasteiger partial charge in [-0.3, -0.25) is 4.79 Å². The molecule has 1 amide bonds. The number of amides is 1. The van der Waals surface area contributed by atoms with Crippen LogP contribution in [-0.2, 0) is 19.6 Å². The summed E-state index contributed by atoms with van der Waals surface area (Å²) >= 11 is 0. The van der Waals surface area contributed by atoms with Gasteiger partial charge < -0.3 is 10.1 Å². The van der Waals surface area contributed by atoms with Crippen LogP contribution in [0.2, 0.25) is 0 Å². The number of hydrogen-bond donors (Lipinski definition) is 2. The van der Waals surface area contributed by atoms with Crippen molar-refractivity contribution in [2.24, 2.45) is 5.92 Å². The number of fused-ring (bicyclic) bond motifs is 1. The van der Waals surface area contributed by atoms with Gasteiger partial charge in [-0.2, -0.15) is 4.72 Å². The minimum atomic E-state index is -3.82. The number of hydrogen-bond acceptors (Lipinski definition) is 4. The Bertz CT molecular complexity index is 905. The molecule has 1 saturated heterocycles. The van der Waals surface area contributed by atoms with Crippen molar-refractivity contribution in [3.8, 4) is 0 Å². The molecule has 0 spiro atoms. The van der Waals surface area contributed by atoms with Crippen molar-refractivity contribution in [3.05, 3.63) is 42.5 Å². The topological polar surface area (TPSA) is 84.5 Å². The second kappa shape index (κ2) is 8.37. The Labute approximate surface area is 160 Å². The average molecular weight is 391 g/mol. The first kappa shape index (κ1) is 19.8. The fourth-order valence-electron chi connectivity index (χ4n) is 3.19. The van der Waals surface area contributed by atoms with Gasteiger partial charge in [0.1, 0.15) is 6.04 Å². The van der Waals surface area contributed by atoms with E-state index >= 15 is 0 Å². The van der Waals surface area contributed by atoms with Crippen LogP contribution in [0.1, 0.15) is 26.7 Å². The Morgan fingerprint density at radius 3 is 2.59 bits per heavy atom. The molecule has 3 rings (SSSR count). The molecule has 2 aromatic carbocycles. The highest BCUT2D eigenvalue weighted by atomic mass is 32.2. The summed E-state index contributed by atoms with van der Waals surface area (Å²) in [5.74, 6) is -0.519. The minimum absolute atomic E-state index is 0.0128. The summed E-state index contributed by atoms with van der Waals surface area (Å²) in [6, 6.07) is 11.7. The smallest absolute Gasteiger partial charge is 0.241 e. The number of nitrogens with one attached hydrogen (secondary N) is 2. The number of benzene rings is 2. The van der Waals surface area contributed by atoms with Gasteiger partial charge in [-0.05, 0) is 41.7 Å². The van der Waals surface area contributed by atoms with Gasteiger partial charge in [0, 0.05) is 13.2 Å². The van der Waals surface area contributed by atoms with E-state index in [1.165, 1.54) is 0 Å². The van der Waals surface area contributed by atoms with Crippen molar-refractivity contribution in [2.45, 2.75) is 43.7 Å². The maximum Gasteiger partial charge on any atom is 0.241 e. The van der Waals surface area contributed by atoms with Crippen molar-refractivity contribution in [2.75, 3.05) is 13.2 Å². The van der Waals surface area contributed by atoms with Gasteiger partial charge in [0.2, 0.25) is 15.9 Å². The Kier molecular flexibility index (Phi) is 6.14. The molecular formula is C20H26N2O4S. The van der Waals surface area contributed by atoms with E-state index in [1.807, 2.05) is 38.1 Å². The fourth-order valence-corrected chi connectivity index (χ4v) is 4.57. The molecule has 1 aliphatic heterocycles. The van der Waals surface area contributed by atoms with E-state index in [1.54, 1.807) is 18.2 Å². The quantitative estimate of drug-likeness (QED) is 0.760. The third kappa shape index (κ3) is 4.86. The third-order valence-corrected chi connectivity index (χ3v) is 6.23. The van der Waals surface area contributed by atoms with Gasteiger partial charge in [-0.25, -0.2) is 8.42 Å². The standard InChI is InChI=1S/C20H26N2O4S/c1-14(2)19(20(23)21-13-17-8-5-11-26-17)22-27(24,25)18-10-9-15-6-3-4-7-16(15)12-18/h3-4,6-7,9-10,12,14,17,19,22H,5,8,11,13H2,1-2H3,(H,21,23). The molecule has 7 heteroatoms. The maximum atomic E-state index is 12.8. The van der Waals surface area contributed by atoms with Crippen molar-refractivity contribution in [1.82, 2.24) is 10.0 Å². The lowest BCUT2D eigenvalue weighted by atomic mass is 10.0. The van der Waals surface area contributed by atoms with E-state index in [-0.39, 0.29) is 22.8 Å². The van der Waals surface area contributed by atoms with Crippen LogP contribution in [-0.4, -0.2) is 39.6 Å². The zero-order chi connectivity index (χ0) is 19.4. The van der Waals surface area contributed by atoms with Crippen LogP contribution in [0.15, 0.2) is 47.4 Å². The largest absolute Gasteiger partial charge is 0.376 e. The SMILES string of the molecule is CC(C)C(NS(=O)(=O)c1ccc2ccccc2c1)C(=O)NCC1CCCO1. The molecule has 2 N–H and O–H groups in total. The highest BCUT2D eigenvalue weighted by Gasteiger charge is 2.29. The molecule has 0 saturated carbocycles. The lowest BCUT2D eigenvalue weighted by molar-refractivity contribution is -0.124. The van der Waals surface area contributed by atoms with Crippen LogP contribution in [0.4, 0.5) is 0 Å². The number of carbonyl (C=O) groups is 1. The summed E-state index contributed by atoms with van der Waals surface area (Å²) < 4.78 is 33.7. The monoisotopic (exact) mass is 390 g/mol. The zero-order valence-electron chi connectivity index (χ0n) is 15.6. The molecule has 2 unspecified atom stereocenters. The lowest BCUT2D eigenvalue weighted by Crippen LogP contribution is -2.50. The first-order chi connectivity index (χ1) is 12.9. The molecule has 1 heterocycles. The van der Waals surface area contributed by atoms with Crippen LogP contribution >= 0.6 is 0 Å². The summed E-state index contributed by atoms with van der Waals surface area (Å²) in [4.78, 5) is 12.7. The maximum absolute atomic E-state index is 12.8. The molecule has 27 heavy (non-hydrogen) atoms. The van der Waals surface area contributed by atoms with Gasteiger partial charge in [0.05, 0.1) is 11.0 Å². The Hall–Kier alpha value is -1.96. The predicted molar refractivity (Wildman–Crippen MR) is 105 cm³/mol. The molecule has 2 atom stereocenters. The molecule has 2 aromatic rings. The zero-order valence-corrected chi connectivity index (χ0v) is 16.5. The lowest BCUT2D eigenvalue weighted by Gasteiger charge is -2.22. The number of ether oxygens (including phenoxy) is 1. The minimum Gasteiger partial charge on any atom is -0.376 e. The van der Waals surface area contributed by atoms with Crippen molar-refractivity contribution in [3.63, 3.8) is 0 Å². The van der Waals surface area contributed by atoms with E-state index in [9.17, 15) is 13.2 Å². The number of rotatable bonds is 7. The Morgan fingerprint density at radius 1 is 1.19 bits per heavy atom. The van der Waals surface area contributed by atoms with Crippen LogP contribution in [0.5, 0.6) is 0 Å². The number of carbonyl (C=O) groups excluding carboxylic acids is 1. The molecule has 0 bridgehead atoms. The molecule has 1 aliphatic rings. The van der Waals surface area contributed by atoms with Crippen molar-refractivity contribution in [1.29, 1.82) is 0 Å². The van der Waals surface area contributed by atoms with Gasteiger partial charge >= 0.3 is 0 Å². The van der Waals surface area contributed by atoms with Gasteiger partial charge in [-0.1, -0.05) is 44.2 Å². The molecular weight excluding hydrogens is 364 g/mol.